The summed E-state index contributed by atoms with van der Waals surface area (Å²) in [5.41, 5.74) is -0.552. The first-order chi connectivity index (χ1) is 9.23. The van der Waals surface area contributed by atoms with E-state index < -0.39 is 5.41 Å². The second-order valence-corrected chi connectivity index (χ2v) is 6.16. The molecule has 0 saturated carbocycles. The molecule has 0 aromatic rings. The van der Waals surface area contributed by atoms with Gasteiger partial charge in [-0.05, 0) is 5.92 Å². The number of ether oxygens (including phenoxy) is 1. The molecule has 0 aliphatic carbocycles. The molecule has 0 saturated heterocycles. The van der Waals surface area contributed by atoms with E-state index in [1.807, 2.05) is 20.8 Å². The van der Waals surface area contributed by atoms with E-state index in [0.29, 0.717) is 31.9 Å². The molecule has 20 heavy (non-hydrogen) atoms. The van der Waals surface area contributed by atoms with Crippen molar-refractivity contribution in [3.8, 4) is 0 Å². The molecule has 1 atom stereocenters. The minimum Gasteiger partial charge on any atom is -0.379 e. The van der Waals surface area contributed by atoms with E-state index in [9.17, 15) is 9.59 Å². The Bertz CT molecular complexity index is 320. The van der Waals surface area contributed by atoms with Crippen LogP contribution < -0.4 is 5.32 Å². The highest BCUT2D eigenvalue weighted by atomic mass is 32.1. The number of nitrogens with zero attached hydrogens (tertiary/aromatic N) is 1. The maximum Gasteiger partial charge on any atom is 0.227 e. The fraction of sp³-hybridized carbons (Fsp3) is 0.857. The SMILES string of the molecule is CC(CC(=O)NCCOCCS)C(C)(C)C(=O)N(C)C. The van der Waals surface area contributed by atoms with Crippen LogP contribution in [0.4, 0.5) is 0 Å². The first kappa shape index (κ1) is 19.2. The highest BCUT2D eigenvalue weighted by Gasteiger charge is 2.35. The van der Waals surface area contributed by atoms with Gasteiger partial charge in [-0.15, -0.1) is 0 Å². The molecule has 0 aromatic carbocycles. The van der Waals surface area contributed by atoms with Gasteiger partial charge in [0.1, 0.15) is 0 Å². The van der Waals surface area contributed by atoms with Crippen molar-refractivity contribution in [1.29, 1.82) is 0 Å². The molecule has 0 radical (unpaired) electrons. The van der Waals surface area contributed by atoms with Crippen LogP contribution in [-0.2, 0) is 14.3 Å². The summed E-state index contributed by atoms with van der Waals surface area (Å²) in [6.45, 7) is 7.24. The molecule has 0 spiro atoms. The van der Waals surface area contributed by atoms with E-state index in [1.165, 1.54) is 0 Å². The number of amides is 2. The zero-order valence-corrected chi connectivity index (χ0v) is 14.1. The number of rotatable bonds is 9. The fourth-order valence-corrected chi connectivity index (χ4v) is 1.95. The van der Waals surface area contributed by atoms with Crippen molar-refractivity contribution in [3.63, 3.8) is 0 Å². The van der Waals surface area contributed by atoms with Gasteiger partial charge in [0.25, 0.3) is 0 Å². The smallest absolute Gasteiger partial charge is 0.227 e. The van der Waals surface area contributed by atoms with Gasteiger partial charge in [0.2, 0.25) is 11.8 Å². The largest absolute Gasteiger partial charge is 0.379 e. The lowest BCUT2D eigenvalue weighted by Gasteiger charge is -2.32. The summed E-state index contributed by atoms with van der Waals surface area (Å²) in [7, 11) is 3.46. The molecular formula is C14H28N2O3S. The molecule has 2 amide bonds. The first-order valence-corrected chi connectivity index (χ1v) is 7.53. The number of hydrogen-bond donors (Lipinski definition) is 2. The summed E-state index contributed by atoms with van der Waals surface area (Å²) in [5, 5.41) is 2.80. The number of nitrogens with one attached hydrogen (secondary N) is 1. The van der Waals surface area contributed by atoms with Crippen LogP contribution in [0.1, 0.15) is 27.2 Å². The van der Waals surface area contributed by atoms with E-state index in [0.717, 1.165) is 0 Å². The first-order valence-electron chi connectivity index (χ1n) is 6.90. The molecule has 118 valence electrons. The van der Waals surface area contributed by atoms with Crippen molar-refractivity contribution < 1.29 is 14.3 Å². The van der Waals surface area contributed by atoms with Crippen molar-refractivity contribution >= 4 is 24.4 Å². The highest BCUT2D eigenvalue weighted by Crippen LogP contribution is 2.30. The van der Waals surface area contributed by atoms with Gasteiger partial charge >= 0.3 is 0 Å². The van der Waals surface area contributed by atoms with Crippen LogP contribution in [0.25, 0.3) is 0 Å². The molecule has 0 aliphatic rings. The number of thiol groups is 1. The molecule has 0 bridgehead atoms. The Labute approximate surface area is 127 Å². The molecule has 5 nitrogen and oxygen atoms in total. The maximum absolute atomic E-state index is 12.1. The lowest BCUT2D eigenvalue weighted by Crippen LogP contribution is -2.42. The Kier molecular flexibility index (Phi) is 8.89. The zero-order chi connectivity index (χ0) is 15.8. The Morgan fingerprint density at radius 2 is 1.90 bits per heavy atom. The standard InChI is InChI=1S/C14H28N2O3S/c1-11(14(2,3)13(18)16(4)5)10-12(17)15-6-7-19-8-9-20/h11,20H,6-10H2,1-5H3,(H,15,17). The monoisotopic (exact) mass is 304 g/mol. The van der Waals surface area contributed by atoms with Gasteiger partial charge < -0.3 is 15.0 Å². The van der Waals surface area contributed by atoms with Gasteiger partial charge in [0.05, 0.1) is 13.2 Å². The van der Waals surface area contributed by atoms with E-state index in [2.05, 4.69) is 17.9 Å². The van der Waals surface area contributed by atoms with Crippen LogP contribution in [-0.4, -0.2) is 56.3 Å². The molecule has 0 heterocycles. The Morgan fingerprint density at radius 1 is 1.30 bits per heavy atom. The van der Waals surface area contributed by atoms with Crippen LogP contribution in [0.5, 0.6) is 0 Å². The predicted octanol–water partition coefficient (Wildman–Crippen LogP) is 1.19. The maximum atomic E-state index is 12.1. The highest BCUT2D eigenvalue weighted by molar-refractivity contribution is 7.80. The van der Waals surface area contributed by atoms with E-state index in [4.69, 9.17) is 4.74 Å². The van der Waals surface area contributed by atoms with Gasteiger partial charge in [-0.1, -0.05) is 20.8 Å². The number of carbonyl (C=O) groups is 2. The molecule has 0 aliphatic heterocycles. The Morgan fingerprint density at radius 3 is 2.40 bits per heavy atom. The lowest BCUT2D eigenvalue weighted by molar-refractivity contribution is -0.141. The van der Waals surface area contributed by atoms with E-state index in [1.54, 1.807) is 19.0 Å². The van der Waals surface area contributed by atoms with Crippen LogP contribution in [0.2, 0.25) is 0 Å². The van der Waals surface area contributed by atoms with Gasteiger partial charge in [0.15, 0.2) is 0 Å². The minimum absolute atomic E-state index is 0.0317. The third-order valence-corrected chi connectivity index (χ3v) is 3.67. The average Bonchev–Trinajstić information content (AvgIpc) is 2.37. The average molecular weight is 304 g/mol. The minimum atomic E-state index is -0.552. The molecule has 6 heteroatoms. The van der Waals surface area contributed by atoms with Crippen LogP contribution >= 0.6 is 12.6 Å². The fourth-order valence-electron chi connectivity index (χ4n) is 1.82. The predicted molar refractivity (Wildman–Crippen MR) is 83.9 cm³/mol. The molecule has 1 N–H and O–H groups in total. The third-order valence-electron chi connectivity index (χ3n) is 3.49. The van der Waals surface area contributed by atoms with Gasteiger partial charge in [-0.3, -0.25) is 9.59 Å². The van der Waals surface area contributed by atoms with Crippen molar-refractivity contribution in [2.24, 2.45) is 11.3 Å². The van der Waals surface area contributed by atoms with Crippen molar-refractivity contribution in [1.82, 2.24) is 10.2 Å². The second-order valence-electron chi connectivity index (χ2n) is 5.71. The third kappa shape index (κ3) is 6.61. The molecule has 0 rings (SSSR count). The van der Waals surface area contributed by atoms with Gasteiger partial charge in [-0.2, -0.15) is 12.6 Å². The summed E-state index contributed by atoms with van der Waals surface area (Å²) in [6, 6.07) is 0. The summed E-state index contributed by atoms with van der Waals surface area (Å²) in [5.74, 6) is 0.628. The van der Waals surface area contributed by atoms with Crippen molar-refractivity contribution in [3.05, 3.63) is 0 Å². The number of carbonyl (C=O) groups excluding carboxylic acids is 2. The van der Waals surface area contributed by atoms with Gasteiger partial charge in [-0.25, -0.2) is 0 Å². The topological polar surface area (TPSA) is 58.6 Å². The van der Waals surface area contributed by atoms with Crippen LogP contribution in [0, 0.1) is 11.3 Å². The summed E-state index contributed by atoms with van der Waals surface area (Å²) < 4.78 is 5.22. The summed E-state index contributed by atoms with van der Waals surface area (Å²) in [6.07, 6.45) is 0.332. The summed E-state index contributed by atoms with van der Waals surface area (Å²) >= 11 is 4.03. The van der Waals surface area contributed by atoms with Crippen LogP contribution in [0.15, 0.2) is 0 Å². The van der Waals surface area contributed by atoms with E-state index in [-0.39, 0.29) is 17.7 Å². The lowest BCUT2D eigenvalue weighted by atomic mass is 9.77. The Balaban J connectivity index is 4.15. The van der Waals surface area contributed by atoms with E-state index >= 15 is 0 Å². The normalized spacial score (nSPS) is 12.9. The van der Waals surface area contributed by atoms with Crippen LogP contribution in [0.3, 0.4) is 0 Å². The molecule has 0 aromatic heterocycles. The molecule has 1 unspecified atom stereocenters. The Hall–Kier alpha value is -0.750. The van der Waals surface area contributed by atoms with Crippen molar-refractivity contribution in [2.45, 2.75) is 27.2 Å². The quantitative estimate of drug-likeness (QED) is 0.497. The zero-order valence-electron chi connectivity index (χ0n) is 13.2. The van der Waals surface area contributed by atoms with Gasteiger partial charge in [0, 0.05) is 38.2 Å². The number of hydrogen-bond acceptors (Lipinski definition) is 4. The summed E-state index contributed by atoms with van der Waals surface area (Å²) in [4.78, 5) is 25.5. The second kappa shape index (κ2) is 9.23. The molecular weight excluding hydrogens is 276 g/mol. The van der Waals surface area contributed by atoms with Crippen molar-refractivity contribution in [2.75, 3.05) is 39.6 Å². The molecule has 0 fully saturated rings.